The number of halogens is 2. The Hall–Kier alpha value is -3.42. The van der Waals surface area contributed by atoms with Crippen LogP contribution in [0, 0.1) is 12.7 Å². The molecule has 0 fully saturated rings. The van der Waals surface area contributed by atoms with Crippen LogP contribution < -0.4 is 5.32 Å². The number of carbonyl (C=O) groups excluding carboxylic acids is 2. The van der Waals surface area contributed by atoms with Gasteiger partial charge in [0, 0.05) is 66.2 Å². The number of aromatic nitrogens is 1. The molecule has 0 aliphatic carbocycles. The first-order valence-electron chi connectivity index (χ1n) is 12.6. The van der Waals surface area contributed by atoms with E-state index in [0.717, 1.165) is 36.5 Å². The number of carbonyl (C=O) groups is 2. The molecule has 6 nitrogen and oxygen atoms in total. The zero-order valence-corrected chi connectivity index (χ0v) is 22.4. The van der Waals surface area contributed by atoms with Gasteiger partial charge in [-0.25, -0.2) is 9.40 Å². The van der Waals surface area contributed by atoms with E-state index in [9.17, 15) is 14.0 Å². The summed E-state index contributed by atoms with van der Waals surface area (Å²) in [5.41, 5.74) is 5.51. The van der Waals surface area contributed by atoms with Gasteiger partial charge >= 0.3 is 0 Å². The molecule has 0 spiro atoms. The molecule has 0 radical (unpaired) electrons. The van der Waals surface area contributed by atoms with Crippen molar-refractivity contribution < 1.29 is 14.0 Å². The van der Waals surface area contributed by atoms with E-state index in [-0.39, 0.29) is 11.8 Å². The van der Waals surface area contributed by atoms with Crippen molar-refractivity contribution in [1.29, 1.82) is 0 Å². The van der Waals surface area contributed by atoms with Crippen molar-refractivity contribution in [3.05, 3.63) is 75.8 Å². The lowest BCUT2D eigenvalue weighted by atomic mass is 9.94. The third-order valence-electron chi connectivity index (χ3n) is 6.59. The van der Waals surface area contributed by atoms with Crippen molar-refractivity contribution in [1.82, 2.24) is 15.0 Å². The highest BCUT2D eigenvalue weighted by molar-refractivity contribution is 6.36. The summed E-state index contributed by atoms with van der Waals surface area (Å²) < 4.78 is 14.8. The summed E-state index contributed by atoms with van der Waals surface area (Å²) >= 11 is 5.96. The zero-order chi connectivity index (χ0) is 26.7. The smallest absolute Gasteiger partial charge is 0.256 e. The van der Waals surface area contributed by atoms with Crippen LogP contribution >= 0.6 is 11.6 Å². The van der Waals surface area contributed by atoms with Crippen molar-refractivity contribution in [2.75, 3.05) is 25.0 Å². The quantitative estimate of drug-likeness (QED) is 0.255. The molecule has 8 heteroatoms. The molecule has 2 aromatic carbocycles. The highest BCUT2D eigenvalue weighted by Crippen LogP contribution is 2.41. The molecule has 2 N–H and O–H groups in total. The van der Waals surface area contributed by atoms with E-state index in [1.165, 1.54) is 6.07 Å². The van der Waals surface area contributed by atoms with Gasteiger partial charge in [-0.05, 0) is 60.9 Å². The third kappa shape index (κ3) is 5.63. The van der Waals surface area contributed by atoms with E-state index in [4.69, 9.17) is 11.6 Å². The number of nitrogens with zero attached hydrogens (tertiary/aromatic N) is 2. The molecule has 0 saturated heterocycles. The molecule has 194 valence electrons. The number of hydrogen-bond acceptors (Lipinski definition) is 3. The first-order chi connectivity index (χ1) is 17.7. The number of anilines is 1. The zero-order valence-electron chi connectivity index (χ0n) is 21.6. The van der Waals surface area contributed by atoms with Crippen molar-refractivity contribution >= 4 is 40.8 Å². The Bertz CT molecular complexity index is 1360. The molecule has 0 bridgehead atoms. The Morgan fingerprint density at radius 2 is 1.89 bits per heavy atom. The average Bonchev–Trinajstić information content (AvgIpc) is 3.37. The van der Waals surface area contributed by atoms with Gasteiger partial charge in [-0.15, -0.1) is 0 Å². The van der Waals surface area contributed by atoms with E-state index in [1.54, 1.807) is 36.2 Å². The van der Waals surface area contributed by atoms with Gasteiger partial charge in [-0.3, -0.25) is 14.6 Å². The predicted molar refractivity (Wildman–Crippen MR) is 148 cm³/mol. The fourth-order valence-corrected chi connectivity index (χ4v) is 4.99. The molecule has 2 heterocycles. The maximum atomic E-state index is 14.8. The van der Waals surface area contributed by atoms with Crippen LogP contribution in [0.25, 0.3) is 22.8 Å². The van der Waals surface area contributed by atoms with Crippen LogP contribution in [0.4, 0.5) is 10.1 Å². The van der Waals surface area contributed by atoms with Crippen molar-refractivity contribution in [3.8, 4) is 11.1 Å². The van der Waals surface area contributed by atoms with E-state index < -0.39 is 5.82 Å². The van der Waals surface area contributed by atoms with Crippen LogP contribution in [0.2, 0.25) is 5.02 Å². The number of benzene rings is 2. The Labute approximate surface area is 222 Å². The minimum absolute atomic E-state index is 0.0158. The van der Waals surface area contributed by atoms with Gasteiger partial charge in [0.15, 0.2) is 0 Å². The lowest BCUT2D eigenvalue weighted by molar-refractivity contribution is -0.146. The summed E-state index contributed by atoms with van der Waals surface area (Å²) in [5, 5.41) is 7.08. The molecule has 3 aromatic rings. The highest BCUT2D eigenvalue weighted by Gasteiger charge is 2.28. The van der Waals surface area contributed by atoms with E-state index in [0.29, 0.717) is 45.9 Å². The van der Waals surface area contributed by atoms with Crippen LogP contribution in [0.1, 0.15) is 49.7 Å². The van der Waals surface area contributed by atoms with Crippen LogP contribution in [-0.2, 0) is 16.0 Å². The first kappa shape index (κ1) is 26.6. The van der Waals surface area contributed by atoms with Gasteiger partial charge in [0.25, 0.3) is 5.91 Å². The van der Waals surface area contributed by atoms with Crippen molar-refractivity contribution in [2.45, 2.75) is 40.5 Å². The minimum Gasteiger partial charge on any atom is -0.359 e. The molecule has 1 aliphatic rings. The van der Waals surface area contributed by atoms with Crippen LogP contribution in [0.3, 0.4) is 0 Å². The molecule has 1 aliphatic heterocycles. The van der Waals surface area contributed by atoms with Gasteiger partial charge in [-0.1, -0.05) is 37.6 Å². The van der Waals surface area contributed by atoms with Crippen molar-refractivity contribution in [3.63, 3.8) is 0 Å². The average molecular weight is 523 g/mol. The largest absolute Gasteiger partial charge is 0.359 e. The number of H-pyrrole nitrogens is 1. The van der Waals surface area contributed by atoms with Crippen LogP contribution in [0.15, 0.2) is 42.5 Å². The second-order valence-electron chi connectivity index (χ2n) is 9.19. The summed E-state index contributed by atoms with van der Waals surface area (Å²) in [6.45, 7) is 9.85. The fraction of sp³-hybridized carbons (Fsp3) is 0.310. The number of nitrogens with one attached hydrogen (secondary N) is 2. The van der Waals surface area contributed by atoms with Crippen molar-refractivity contribution in [2.24, 2.45) is 0 Å². The Kier molecular flexibility index (Phi) is 8.15. The number of amides is 2. The molecule has 0 saturated carbocycles. The second kappa shape index (κ2) is 11.3. The monoisotopic (exact) mass is 522 g/mol. The van der Waals surface area contributed by atoms with Gasteiger partial charge in [0.1, 0.15) is 5.82 Å². The summed E-state index contributed by atoms with van der Waals surface area (Å²) in [4.78, 5) is 28.7. The van der Waals surface area contributed by atoms with Gasteiger partial charge in [0.05, 0.1) is 5.57 Å². The molecular weight excluding hydrogens is 491 g/mol. The SMILES string of the molecule is CCCN(CC)N(CCc1cc(C)c(/C=C2\C(=O)Nc3cccc(-c4ccc(Cl)cc4F)c32)[nH]1)C(C)=O. The maximum Gasteiger partial charge on any atom is 0.256 e. The minimum atomic E-state index is -0.447. The van der Waals surface area contributed by atoms with Gasteiger partial charge < -0.3 is 10.3 Å². The topological polar surface area (TPSA) is 68.4 Å². The highest BCUT2D eigenvalue weighted by atomic mass is 35.5. The summed E-state index contributed by atoms with van der Waals surface area (Å²) in [6, 6.07) is 12.0. The summed E-state index contributed by atoms with van der Waals surface area (Å²) in [5.74, 6) is -0.674. The molecular formula is C29H32ClFN4O2. The summed E-state index contributed by atoms with van der Waals surface area (Å²) in [6.07, 6.45) is 3.42. The number of hydrogen-bond donors (Lipinski definition) is 2. The number of hydrazine groups is 1. The molecule has 0 atom stereocenters. The standard InChI is InChI=1S/C29H32ClFN4O2/c1-5-13-34(6-2)35(19(4)36)14-12-21-15-18(3)27(32-21)17-24-28-23(8-7-9-26(28)33-29(24)37)22-11-10-20(30)16-25(22)31/h7-11,15-17,32H,5-6,12-14H2,1-4H3,(H,33,37)/b24-17-. The Morgan fingerprint density at radius 3 is 2.57 bits per heavy atom. The molecule has 2 amide bonds. The predicted octanol–water partition coefficient (Wildman–Crippen LogP) is 6.31. The first-order valence-corrected chi connectivity index (χ1v) is 12.9. The summed E-state index contributed by atoms with van der Waals surface area (Å²) in [7, 11) is 0. The lowest BCUT2D eigenvalue weighted by Crippen LogP contribution is -2.46. The maximum absolute atomic E-state index is 14.8. The van der Waals surface area contributed by atoms with E-state index in [2.05, 4.69) is 22.2 Å². The Balaban J connectivity index is 1.65. The molecule has 4 rings (SSSR count). The van der Waals surface area contributed by atoms with Gasteiger partial charge in [0.2, 0.25) is 5.91 Å². The normalized spacial score (nSPS) is 13.8. The molecule has 37 heavy (non-hydrogen) atoms. The number of rotatable bonds is 9. The van der Waals surface area contributed by atoms with Crippen LogP contribution in [0.5, 0.6) is 0 Å². The number of aromatic amines is 1. The third-order valence-corrected chi connectivity index (χ3v) is 6.83. The number of fused-ring (bicyclic) bond motifs is 1. The van der Waals surface area contributed by atoms with E-state index in [1.807, 2.05) is 32.1 Å². The fourth-order valence-electron chi connectivity index (χ4n) is 4.83. The lowest BCUT2D eigenvalue weighted by Gasteiger charge is -2.33. The molecule has 1 aromatic heterocycles. The van der Waals surface area contributed by atoms with E-state index >= 15 is 0 Å². The number of aryl methyl sites for hydroxylation is 1. The Morgan fingerprint density at radius 1 is 1.11 bits per heavy atom. The molecule has 0 unspecified atom stereocenters. The van der Waals surface area contributed by atoms with Gasteiger partial charge in [-0.2, -0.15) is 0 Å². The van der Waals surface area contributed by atoms with Crippen LogP contribution in [-0.4, -0.2) is 46.5 Å². The second-order valence-corrected chi connectivity index (χ2v) is 9.63.